The van der Waals surface area contributed by atoms with Crippen LogP contribution in [-0.2, 0) is 0 Å². The summed E-state index contributed by atoms with van der Waals surface area (Å²) in [7, 11) is 0. The Labute approximate surface area is 108 Å². The zero-order chi connectivity index (χ0) is 12.1. The Kier molecular flexibility index (Phi) is 4.30. The molecule has 0 radical (unpaired) electrons. The van der Waals surface area contributed by atoms with Gasteiger partial charge in [0.2, 0.25) is 0 Å². The molecule has 1 fully saturated rings. The molecule has 0 unspecified atom stereocenters. The van der Waals surface area contributed by atoms with Crippen LogP contribution in [0, 0.1) is 0 Å². The van der Waals surface area contributed by atoms with Crippen molar-refractivity contribution in [1.29, 1.82) is 0 Å². The molecule has 0 aromatic heterocycles. The summed E-state index contributed by atoms with van der Waals surface area (Å²) in [5.41, 5.74) is 0.349. The Morgan fingerprint density at radius 1 is 1.12 bits per heavy atom. The predicted molar refractivity (Wildman–Crippen MR) is 72.6 cm³/mol. The minimum atomic E-state index is -0.560. The molecule has 0 saturated heterocycles. The Hall–Kier alpha value is -0.730. The number of rotatable bonds is 3. The van der Waals surface area contributed by atoms with Crippen molar-refractivity contribution >= 4 is 17.3 Å². The van der Waals surface area contributed by atoms with E-state index in [1.165, 1.54) is 12.8 Å². The summed E-state index contributed by atoms with van der Waals surface area (Å²) in [4.78, 5) is 0. The topological polar surface area (TPSA) is 32.3 Å². The van der Waals surface area contributed by atoms with Crippen molar-refractivity contribution in [2.24, 2.45) is 0 Å². The Balaban J connectivity index is 1.94. The van der Waals surface area contributed by atoms with Crippen molar-refractivity contribution < 1.29 is 5.11 Å². The van der Waals surface area contributed by atoms with Gasteiger partial charge in [0.1, 0.15) is 0 Å². The van der Waals surface area contributed by atoms with Gasteiger partial charge in [-0.25, -0.2) is 0 Å². The highest BCUT2D eigenvalue weighted by Gasteiger charge is 2.27. The lowest BCUT2D eigenvalue weighted by molar-refractivity contribution is 0.0381. The highest BCUT2D eigenvalue weighted by molar-refractivity contribution is 6.33. The number of aliphatic hydroxyl groups is 1. The molecule has 0 bridgehead atoms. The van der Waals surface area contributed by atoms with Crippen molar-refractivity contribution in [3.05, 3.63) is 29.3 Å². The van der Waals surface area contributed by atoms with Crippen molar-refractivity contribution in [3.8, 4) is 0 Å². The first kappa shape index (κ1) is 12.7. The van der Waals surface area contributed by atoms with Gasteiger partial charge in [-0.15, -0.1) is 0 Å². The molecule has 94 valence electrons. The van der Waals surface area contributed by atoms with Gasteiger partial charge >= 0.3 is 0 Å². The zero-order valence-corrected chi connectivity index (χ0v) is 10.8. The van der Waals surface area contributed by atoms with Crippen molar-refractivity contribution in [1.82, 2.24) is 0 Å². The summed E-state index contributed by atoms with van der Waals surface area (Å²) in [6, 6.07) is 7.67. The van der Waals surface area contributed by atoms with E-state index in [0.29, 0.717) is 11.6 Å². The van der Waals surface area contributed by atoms with Gasteiger partial charge in [0.25, 0.3) is 0 Å². The Morgan fingerprint density at radius 2 is 1.76 bits per heavy atom. The van der Waals surface area contributed by atoms with E-state index in [1.54, 1.807) is 0 Å². The molecule has 0 spiro atoms. The van der Waals surface area contributed by atoms with E-state index >= 15 is 0 Å². The smallest absolute Gasteiger partial charge is 0.0819 e. The van der Waals surface area contributed by atoms with E-state index in [4.69, 9.17) is 11.6 Å². The van der Waals surface area contributed by atoms with E-state index in [2.05, 4.69) is 5.32 Å². The molecule has 0 atom stereocenters. The fraction of sp³-hybridized carbons (Fsp3) is 0.571. The first-order valence-corrected chi connectivity index (χ1v) is 6.78. The summed E-state index contributed by atoms with van der Waals surface area (Å²) in [5, 5.41) is 14.5. The summed E-state index contributed by atoms with van der Waals surface area (Å²) in [5.74, 6) is 0. The molecule has 2 nitrogen and oxygen atoms in total. The summed E-state index contributed by atoms with van der Waals surface area (Å²) >= 11 is 6.08. The van der Waals surface area contributed by atoms with E-state index in [0.717, 1.165) is 31.4 Å². The summed E-state index contributed by atoms with van der Waals surface area (Å²) < 4.78 is 0. The molecular formula is C14H20ClNO. The zero-order valence-electron chi connectivity index (χ0n) is 10.1. The lowest BCUT2D eigenvalue weighted by atomic mass is 9.94. The van der Waals surface area contributed by atoms with Gasteiger partial charge in [-0.3, -0.25) is 0 Å². The maximum atomic E-state index is 10.5. The Bertz CT molecular complexity index is 359. The first-order chi connectivity index (χ1) is 8.20. The molecular weight excluding hydrogens is 234 g/mol. The van der Waals surface area contributed by atoms with Crippen LogP contribution in [0.1, 0.15) is 38.5 Å². The molecule has 1 aromatic carbocycles. The molecule has 0 aliphatic heterocycles. The Morgan fingerprint density at radius 3 is 2.41 bits per heavy atom. The number of nitrogens with one attached hydrogen (secondary N) is 1. The standard InChI is InChI=1S/C14H20ClNO/c15-12-7-3-4-8-13(12)16-11-14(17)9-5-1-2-6-10-14/h3-4,7-8,16-17H,1-2,5-6,9-11H2. The van der Waals surface area contributed by atoms with E-state index in [1.807, 2.05) is 24.3 Å². The lowest BCUT2D eigenvalue weighted by Crippen LogP contribution is -2.36. The average molecular weight is 254 g/mol. The van der Waals surface area contributed by atoms with Gasteiger partial charge in [-0.2, -0.15) is 0 Å². The number of benzene rings is 1. The molecule has 1 aliphatic rings. The molecule has 1 aromatic rings. The molecule has 3 heteroatoms. The number of halogens is 1. The van der Waals surface area contributed by atoms with Crippen molar-refractivity contribution in [2.75, 3.05) is 11.9 Å². The third-order valence-electron chi connectivity index (χ3n) is 3.52. The van der Waals surface area contributed by atoms with E-state index in [-0.39, 0.29) is 0 Å². The van der Waals surface area contributed by atoms with Gasteiger partial charge in [-0.1, -0.05) is 49.4 Å². The number of hydrogen-bond donors (Lipinski definition) is 2. The molecule has 1 aliphatic carbocycles. The van der Waals surface area contributed by atoms with Crippen LogP contribution in [0.5, 0.6) is 0 Å². The average Bonchev–Trinajstić information content (AvgIpc) is 2.54. The van der Waals surface area contributed by atoms with Crippen LogP contribution in [0.3, 0.4) is 0 Å². The molecule has 0 heterocycles. The SMILES string of the molecule is OC1(CNc2ccccc2Cl)CCCCCC1. The fourth-order valence-electron chi connectivity index (χ4n) is 2.43. The van der Waals surface area contributed by atoms with Crippen molar-refractivity contribution in [2.45, 2.75) is 44.1 Å². The van der Waals surface area contributed by atoms with Crippen molar-refractivity contribution in [3.63, 3.8) is 0 Å². The second kappa shape index (κ2) is 5.74. The minimum Gasteiger partial charge on any atom is -0.388 e. The van der Waals surface area contributed by atoms with Crippen LogP contribution < -0.4 is 5.32 Å². The number of hydrogen-bond acceptors (Lipinski definition) is 2. The highest BCUT2D eigenvalue weighted by Crippen LogP contribution is 2.28. The third kappa shape index (κ3) is 3.62. The maximum Gasteiger partial charge on any atom is 0.0819 e. The second-order valence-corrected chi connectivity index (χ2v) is 5.38. The van der Waals surface area contributed by atoms with Crippen LogP contribution >= 0.6 is 11.6 Å². The minimum absolute atomic E-state index is 0.560. The van der Waals surface area contributed by atoms with Gasteiger partial charge in [0.15, 0.2) is 0 Å². The summed E-state index contributed by atoms with van der Waals surface area (Å²) in [6.45, 7) is 0.594. The molecule has 17 heavy (non-hydrogen) atoms. The largest absolute Gasteiger partial charge is 0.388 e. The fourth-order valence-corrected chi connectivity index (χ4v) is 2.63. The van der Waals surface area contributed by atoms with Crippen LogP contribution in [0.4, 0.5) is 5.69 Å². The molecule has 2 N–H and O–H groups in total. The maximum absolute atomic E-state index is 10.5. The van der Waals surface area contributed by atoms with E-state index < -0.39 is 5.60 Å². The highest BCUT2D eigenvalue weighted by atomic mass is 35.5. The van der Waals surface area contributed by atoms with Crippen LogP contribution in [0.15, 0.2) is 24.3 Å². The lowest BCUT2D eigenvalue weighted by Gasteiger charge is -2.27. The van der Waals surface area contributed by atoms with Gasteiger partial charge in [0, 0.05) is 6.54 Å². The number of anilines is 1. The van der Waals surface area contributed by atoms with Crippen LogP contribution in [-0.4, -0.2) is 17.3 Å². The van der Waals surface area contributed by atoms with Gasteiger partial charge in [-0.05, 0) is 25.0 Å². The second-order valence-electron chi connectivity index (χ2n) is 4.97. The van der Waals surface area contributed by atoms with E-state index in [9.17, 15) is 5.11 Å². The summed E-state index contributed by atoms with van der Waals surface area (Å²) in [6.07, 6.45) is 6.53. The van der Waals surface area contributed by atoms with Crippen LogP contribution in [0.25, 0.3) is 0 Å². The first-order valence-electron chi connectivity index (χ1n) is 6.40. The molecule has 2 rings (SSSR count). The third-order valence-corrected chi connectivity index (χ3v) is 3.85. The normalized spacial score (nSPS) is 19.6. The monoisotopic (exact) mass is 253 g/mol. The molecule has 1 saturated carbocycles. The van der Waals surface area contributed by atoms with Crippen LogP contribution in [0.2, 0.25) is 5.02 Å². The quantitative estimate of drug-likeness (QED) is 0.803. The molecule has 0 amide bonds. The predicted octanol–water partition coefficient (Wildman–Crippen LogP) is 3.84. The number of para-hydroxylation sites is 1. The van der Waals surface area contributed by atoms with Gasteiger partial charge in [0.05, 0.1) is 16.3 Å². The van der Waals surface area contributed by atoms with Gasteiger partial charge < -0.3 is 10.4 Å².